The molecule has 1 N–H and O–H groups in total. The molecule has 1 aromatic carbocycles. The predicted octanol–water partition coefficient (Wildman–Crippen LogP) is 0.270. The molecule has 1 saturated heterocycles. The average Bonchev–Trinajstić information content (AvgIpc) is 2.48. The first kappa shape index (κ1) is 16.9. The minimum Gasteiger partial charge on any atom is -0.355 e. The van der Waals surface area contributed by atoms with Crippen molar-refractivity contribution in [2.24, 2.45) is 0 Å². The monoisotopic (exact) mass is 325 g/mol. The van der Waals surface area contributed by atoms with Gasteiger partial charge in [-0.2, -0.15) is 4.31 Å². The Bertz CT molecular complexity index is 581. The highest BCUT2D eigenvalue weighted by atomic mass is 32.2. The molecule has 1 aliphatic heterocycles. The van der Waals surface area contributed by atoms with Crippen molar-refractivity contribution in [3.05, 3.63) is 35.9 Å². The highest BCUT2D eigenvalue weighted by Gasteiger charge is 2.26. The van der Waals surface area contributed by atoms with E-state index in [0.29, 0.717) is 32.7 Å². The molecule has 7 heteroatoms. The lowest BCUT2D eigenvalue weighted by molar-refractivity contribution is -0.119. The summed E-state index contributed by atoms with van der Waals surface area (Å²) in [5.41, 5.74) is 0.815. The second-order valence-corrected chi connectivity index (χ2v) is 7.43. The number of amides is 1. The van der Waals surface area contributed by atoms with Gasteiger partial charge in [0.2, 0.25) is 15.9 Å². The van der Waals surface area contributed by atoms with E-state index in [9.17, 15) is 13.2 Å². The molecule has 0 spiro atoms. The van der Waals surface area contributed by atoms with Gasteiger partial charge in [-0.3, -0.25) is 9.69 Å². The van der Waals surface area contributed by atoms with E-state index in [1.807, 2.05) is 30.3 Å². The number of piperazine rings is 1. The maximum atomic E-state index is 12.4. The van der Waals surface area contributed by atoms with Gasteiger partial charge in [0, 0.05) is 46.2 Å². The highest BCUT2D eigenvalue weighted by Crippen LogP contribution is 2.13. The molecule has 1 amide bonds. The Balaban J connectivity index is 1.81. The van der Waals surface area contributed by atoms with E-state index >= 15 is 0 Å². The summed E-state index contributed by atoms with van der Waals surface area (Å²) >= 11 is 0. The molecule has 22 heavy (non-hydrogen) atoms. The fourth-order valence-corrected chi connectivity index (χ4v) is 4.01. The van der Waals surface area contributed by atoms with Gasteiger partial charge in [0.1, 0.15) is 0 Å². The molecule has 0 radical (unpaired) electrons. The maximum absolute atomic E-state index is 12.4. The van der Waals surface area contributed by atoms with Gasteiger partial charge in [0.15, 0.2) is 0 Å². The van der Waals surface area contributed by atoms with Crippen LogP contribution in [0.25, 0.3) is 0 Å². The van der Waals surface area contributed by atoms with E-state index in [2.05, 4.69) is 10.2 Å². The normalized spacial score (nSPS) is 17.3. The Hall–Kier alpha value is -1.44. The zero-order valence-corrected chi connectivity index (χ0v) is 13.7. The summed E-state index contributed by atoms with van der Waals surface area (Å²) in [4.78, 5) is 13.0. The van der Waals surface area contributed by atoms with Crippen molar-refractivity contribution in [3.8, 4) is 0 Å². The van der Waals surface area contributed by atoms with Crippen LogP contribution in [0, 0.1) is 0 Å². The minimum absolute atomic E-state index is 0.0379. The summed E-state index contributed by atoms with van der Waals surface area (Å²) in [5.74, 6) is 0.0174. The molecule has 6 nitrogen and oxygen atoms in total. The quantitative estimate of drug-likeness (QED) is 0.815. The SMILES string of the molecule is CC(=O)NCCN1CCN(S(=O)(=O)Cc2ccccc2)CC1. The van der Waals surface area contributed by atoms with Crippen molar-refractivity contribution in [2.45, 2.75) is 12.7 Å². The molecule has 0 atom stereocenters. The minimum atomic E-state index is -3.26. The summed E-state index contributed by atoms with van der Waals surface area (Å²) in [6, 6.07) is 9.25. The number of nitrogens with one attached hydrogen (secondary N) is 1. The van der Waals surface area contributed by atoms with Gasteiger partial charge in [0.25, 0.3) is 0 Å². The first-order valence-electron chi connectivity index (χ1n) is 7.46. The lowest BCUT2D eigenvalue weighted by Gasteiger charge is -2.34. The first-order chi connectivity index (χ1) is 10.5. The van der Waals surface area contributed by atoms with Crippen LogP contribution < -0.4 is 5.32 Å². The molecule has 0 unspecified atom stereocenters. The summed E-state index contributed by atoms with van der Waals surface area (Å²) in [6.45, 7) is 5.28. The summed E-state index contributed by atoms with van der Waals surface area (Å²) in [6.07, 6.45) is 0. The highest BCUT2D eigenvalue weighted by molar-refractivity contribution is 7.88. The molecular formula is C15H23N3O3S. The van der Waals surface area contributed by atoms with Crippen LogP contribution >= 0.6 is 0 Å². The standard InChI is InChI=1S/C15H23N3O3S/c1-14(19)16-7-8-17-9-11-18(12-10-17)22(20,21)13-15-5-3-2-4-6-15/h2-6H,7-13H2,1H3,(H,16,19). The second-order valence-electron chi connectivity index (χ2n) is 5.47. The summed E-state index contributed by atoms with van der Waals surface area (Å²) in [7, 11) is -3.26. The number of rotatable bonds is 6. The third-order valence-electron chi connectivity index (χ3n) is 3.72. The molecule has 1 aromatic rings. The number of carbonyl (C=O) groups is 1. The molecule has 2 rings (SSSR count). The zero-order chi connectivity index (χ0) is 16.0. The number of hydrogen-bond donors (Lipinski definition) is 1. The molecule has 0 bridgehead atoms. The predicted molar refractivity (Wildman–Crippen MR) is 85.8 cm³/mol. The number of hydrogen-bond acceptors (Lipinski definition) is 4. The largest absolute Gasteiger partial charge is 0.355 e. The average molecular weight is 325 g/mol. The fourth-order valence-electron chi connectivity index (χ4n) is 2.50. The van der Waals surface area contributed by atoms with Crippen LogP contribution in [0.15, 0.2) is 30.3 Å². The van der Waals surface area contributed by atoms with Gasteiger partial charge < -0.3 is 5.32 Å². The number of carbonyl (C=O) groups excluding carboxylic acids is 1. The molecule has 122 valence electrons. The van der Waals surface area contributed by atoms with Crippen molar-refractivity contribution in [1.29, 1.82) is 0 Å². The van der Waals surface area contributed by atoms with Crippen molar-refractivity contribution >= 4 is 15.9 Å². The molecule has 1 fully saturated rings. The van der Waals surface area contributed by atoms with Crippen molar-refractivity contribution in [2.75, 3.05) is 39.3 Å². The zero-order valence-electron chi connectivity index (χ0n) is 12.9. The molecular weight excluding hydrogens is 302 g/mol. The lowest BCUT2D eigenvalue weighted by Crippen LogP contribution is -2.50. The van der Waals surface area contributed by atoms with Crippen molar-refractivity contribution < 1.29 is 13.2 Å². The molecule has 1 aliphatic rings. The third kappa shape index (κ3) is 5.08. The number of benzene rings is 1. The van der Waals surface area contributed by atoms with E-state index in [-0.39, 0.29) is 11.7 Å². The van der Waals surface area contributed by atoms with E-state index in [4.69, 9.17) is 0 Å². The van der Waals surface area contributed by atoms with Crippen LogP contribution in [0.2, 0.25) is 0 Å². The van der Waals surface area contributed by atoms with E-state index in [0.717, 1.165) is 12.1 Å². The van der Waals surface area contributed by atoms with Gasteiger partial charge in [-0.05, 0) is 5.56 Å². The van der Waals surface area contributed by atoms with Gasteiger partial charge in [0.05, 0.1) is 5.75 Å². The number of sulfonamides is 1. The number of nitrogens with zero attached hydrogens (tertiary/aromatic N) is 2. The van der Waals surface area contributed by atoms with Crippen LogP contribution in [-0.4, -0.2) is 62.8 Å². The van der Waals surface area contributed by atoms with E-state index in [1.54, 1.807) is 4.31 Å². The van der Waals surface area contributed by atoms with Gasteiger partial charge in [-0.15, -0.1) is 0 Å². The summed E-state index contributed by atoms with van der Waals surface area (Å²) < 4.78 is 26.4. The van der Waals surface area contributed by atoms with Crippen LogP contribution in [-0.2, 0) is 20.6 Å². The lowest BCUT2D eigenvalue weighted by atomic mass is 10.2. The van der Waals surface area contributed by atoms with Crippen molar-refractivity contribution in [3.63, 3.8) is 0 Å². The van der Waals surface area contributed by atoms with Gasteiger partial charge in [-0.1, -0.05) is 30.3 Å². The van der Waals surface area contributed by atoms with E-state index < -0.39 is 10.0 Å². The fraction of sp³-hybridized carbons (Fsp3) is 0.533. The Labute approximate surface area is 132 Å². The first-order valence-corrected chi connectivity index (χ1v) is 9.07. The second kappa shape index (κ2) is 7.71. The molecule has 1 heterocycles. The van der Waals surface area contributed by atoms with Gasteiger partial charge in [-0.25, -0.2) is 8.42 Å². The van der Waals surface area contributed by atoms with Crippen LogP contribution in [0.4, 0.5) is 0 Å². The van der Waals surface area contributed by atoms with Crippen molar-refractivity contribution in [1.82, 2.24) is 14.5 Å². The molecule has 0 saturated carbocycles. The Kier molecular flexibility index (Phi) is 5.93. The summed E-state index contributed by atoms with van der Waals surface area (Å²) in [5, 5.41) is 2.75. The Morgan fingerprint density at radius 2 is 1.77 bits per heavy atom. The van der Waals surface area contributed by atoms with E-state index in [1.165, 1.54) is 6.92 Å². The Morgan fingerprint density at radius 1 is 1.14 bits per heavy atom. The third-order valence-corrected chi connectivity index (χ3v) is 5.57. The maximum Gasteiger partial charge on any atom is 0.218 e. The topological polar surface area (TPSA) is 69.7 Å². The Morgan fingerprint density at radius 3 is 2.36 bits per heavy atom. The van der Waals surface area contributed by atoms with Crippen LogP contribution in [0.3, 0.4) is 0 Å². The van der Waals surface area contributed by atoms with Gasteiger partial charge >= 0.3 is 0 Å². The molecule has 0 aromatic heterocycles. The van der Waals surface area contributed by atoms with Crippen LogP contribution in [0.1, 0.15) is 12.5 Å². The molecule has 0 aliphatic carbocycles. The smallest absolute Gasteiger partial charge is 0.218 e. The van der Waals surface area contributed by atoms with Crippen LogP contribution in [0.5, 0.6) is 0 Å².